The second-order valence-corrected chi connectivity index (χ2v) is 10.2. The first kappa shape index (κ1) is 28.8. The predicted molar refractivity (Wildman–Crippen MR) is 165 cm³/mol. The van der Waals surface area contributed by atoms with Gasteiger partial charge in [0.1, 0.15) is 29.8 Å². The molecule has 224 valence electrons. The van der Waals surface area contributed by atoms with Gasteiger partial charge in [-0.25, -0.2) is 19.2 Å². The number of morpholine rings is 1. The molecule has 3 amide bonds. The highest BCUT2D eigenvalue weighted by Gasteiger charge is 2.19. The number of rotatable bonds is 7. The number of aliphatic hydroxyl groups is 1. The number of hydrogen-bond donors (Lipinski definition) is 4. The predicted octanol–water partition coefficient (Wildman–Crippen LogP) is 5.63. The van der Waals surface area contributed by atoms with Gasteiger partial charge < -0.3 is 35.1 Å². The minimum absolute atomic E-state index is 0.0325. The summed E-state index contributed by atoms with van der Waals surface area (Å²) in [5.41, 5.74) is 3.02. The molecule has 11 nitrogen and oxygen atoms in total. The van der Waals surface area contributed by atoms with Crippen molar-refractivity contribution in [3.05, 3.63) is 84.4 Å². The highest BCUT2D eigenvalue weighted by molar-refractivity contribution is 6.00. The number of halogens is 1. The first-order valence-electron chi connectivity index (χ1n) is 14.0. The fraction of sp³-hybridized carbons (Fsp3) is 0.188. The van der Waals surface area contributed by atoms with Crippen LogP contribution in [0.3, 0.4) is 0 Å². The fourth-order valence-electron chi connectivity index (χ4n) is 4.91. The third-order valence-corrected chi connectivity index (χ3v) is 7.03. The lowest BCUT2D eigenvalue weighted by atomic mass is 10.1. The number of anilines is 4. The van der Waals surface area contributed by atoms with E-state index in [1.165, 1.54) is 19.1 Å². The van der Waals surface area contributed by atoms with Crippen LogP contribution in [-0.2, 0) is 16.1 Å². The molecule has 0 unspecified atom stereocenters. The highest BCUT2D eigenvalue weighted by Crippen LogP contribution is 2.32. The van der Waals surface area contributed by atoms with E-state index in [2.05, 4.69) is 20.9 Å². The molecule has 44 heavy (non-hydrogen) atoms. The number of nitrogens with one attached hydrogen (secondary N) is 3. The number of furan rings is 1. The summed E-state index contributed by atoms with van der Waals surface area (Å²) in [6.45, 7) is 3.73. The number of hydrogen-bond acceptors (Lipinski definition) is 8. The molecular formula is C32H29FN6O5. The largest absolute Gasteiger partial charge is 0.459 e. The molecule has 3 heterocycles. The maximum atomic E-state index is 14.4. The molecule has 1 aliphatic heterocycles. The molecule has 0 saturated carbocycles. The van der Waals surface area contributed by atoms with E-state index in [0.29, 0.717) is 49.3 Å². The average Bonchev–Trinajstić information content (AvgIpc) is 3.52. The van der Waals surface area contributed by atoms with E-state index in [1.807, 2.05) is 24.3 Å². The number of urea groups is 1. The van der Waals surface area contributed by atoms with E-state index in [4.69, 9.17) is 19.1 Å². The summed E-state index contributed by atoms with van der Waals surface area (Å²) in [5, 5.41) is 18.0. The van der Waals surface area contributed by atoms with Gasteiger partial charge in [0.05, 0.1) is 24.4 Å². The van der Waals surface area contributed by atoms with Crippen LogP contribution in [-0.4, -0.2) is 53.3 Å². The van der Waals surface area contributed by atoms with Gasteiger partial charge in [0, 0.05) is 47.9 Å². The lowest BCUT2D eigenvalue weighted by molar-refractivity contribution is -0.114. The molecule has 4 N–H and O–H groups in total. The van der Waals surface area contributed by atoms with Crippen LogP contribution in [0.2, 0.25) is 0 Å². The Hall–Kier alpha value is -5.33. The zero-order chi connectivity index (χ0) is 30.6. The van der Waals surface area contributed by atoms with Gasteiger partial charge in [-0.05, 0) is 66.7 Å². The number of amides is 3. The Kier molecular flexibility index (Phi) is 8.17. The van der Waals surface area contributed by atoms with Gasteiger partial charge in [-0.2, -0.15) is 0 Å². The fourth-order valence-corrected chi connectivity index (χ4v) is 4.91. The van der Waals surface area contributed by atoms with Gasteiger partial charge in [-0.1, -0.05) is 6.07 Å². The van der Waals surface area contributed by atoms with E-state index in [-0.39, 0.29) is 23.9 Å². The molecule has 5 aromatic rings. The van der Waals surface area contributed by atoms with Gasteiger partial charge in [-0.3, -0.25) is 4.79 Å². The van der Waals surface area contributed by atoms with Crippen LogP contribution in [0, 0.1) is 5.82 Å². The Morgan fingerprint density at radius 2 is 1.64 bits per heavy atom. The van der Waals surface area contributed by atoms with Crippen molar-refractivity contribution in [3.63, 3.8) is 0 Å². The minimum atomic E-state index is -0.685. The molecule has 12 heteroatoms. The van der Waals surface area contributed by atoms with E-state index < -0.39 is 11.8 Å². The van der Waals surface area contributed by atoms with Gasteiger partial charge in [0.15, 0.2) is 5.82 Å². The van der Waals surface area contributed by atoms with Crippen molar-refractivity contribution in [2.45, 2.75) is 13.5 Å². The first-order valence-corrected chi connectivity index (χ1v) is 14.0. The summed E-state index contributed by atoms with van der Waals surface area (Å²) in [6.07, 6.45) is 0. The molecule has 0 spiro atoms. The molecular weight excluding hydrogens is 567 g/mol. The number of benzene rings is 3. The molecule has 1 saturated heterocycles. The van der Waals surface area contributed by atoms with Crippen LogP contribution in [0.25, 0.3) is 33.6 Å². The molecule has 6 rings (SSSR count). The third kappa shape index (κ3) is 6.36. The lowest BCUT2D eigenvalue weighted by Gasteiger charge is -2.29. The molecule has 2 aromatic heterocycles. The zero-order valence-electron chi connectivity index (χ0n) is 23.8. The molecule has 0 radical (unpaired) electrons. The van der Waals surface area contributed by atoms with Crippen molar-refractivity contribution < 1.29 is 28.2 Å². The Labute approximate surface area is 251 Å². The second kappa shape index (κ2) is 12.5. The topological polar surface area (TPSA) is 142 Å². The van der Waals surface area contributed by atoms with Crippen molar-refractivity contribution in [1.82, 2.24) is 9.97 Å². The van der Waals surface area contributed by atoms with Crippen molar-refractivity contribution in [1.29, 1.82) is 0 Å². The Bertz CT molecular complexity index is 1840. The van der Waals surface area contributed by atoms with Gasteiger partial charge in [0.25, 0.3) is 0 Å². The maximum Gasteiger partial charge on any atom is 0.323 e. The summed E-state index contributed by atoms with van der Waals surface area (Å²) >= 11 is 0. The number of fused-ring (bicyclic) bond motifs is 1. The molecule has 1 aliphatic rings. The Morgan fingerprint density at radius 3 is 2.34 bits per heavy atom. The molecule has 0 aliphatic carbocycles. The normalized spacial score (nSPS) is 13.1. The Morgan fingerprint density at radius 1 is 0.886 bits per heavy atom. The summed E-state index contributed by atoms with van der Waals surface area (Å²) in [4.78, 5) is 35.7. The highest BCUT2D eigenvalue weighted by atomic mass is 19.1. The number of carbonyl (C=O) groups excluding carboxylic acids is 2. The van der Waals surface area contributed by atoms with Gasteiger partial charge in [0.2, 0.25) is 5.91 Å². The van der Waals surface area contributed by atoms with Crippen molar-refractivity contribution in [2.24, 2.45) is 0 Å². The van der Waals surface area contributed by atoms with Crippen LogP contribution in [0.15, 0.2) is 77.2 Å². The average molecular weight is 597 g/mol. The van der Waals surface area contributed by atoms with Crippen LogP contribution in [0.5, 0.6) is 0 Å². The summed E-state index contributed by atoms with van der Waals surface area (Å²) in [7, 11) is 0. The molecule has 3 aromatic carbocycles. The number of aliphatic hydroxyl groups excluding tert-OH is 1. The number of ether oxygens (including phenoxy) is 1. The zero-order valence-corrected chi connectivity index (χ0v) is 23.8. The first-order chi connectivity index (χ1) is 21.4. The summed E-state index contributed by atoms with van der Waals surface area (Å²) in [5.74, 6) is 1.39. The van der Waals surface area contributed by atoms with E-state index >= 15 is 0 Å². The summed E-state index contributed by atoms with van der Waals surface area (Å²) < 4.78 is 25.7. The maximum absolute atomic E-state index is 14.4. The van der Waals surface area contributed by atoms with Crippen molar-refractivity contribution >= 4 is 45.7 Å². The quantitative estimate of drug-likeness (QED) is 0.190. The lowest BCUT2D eigenvalue weighted by Crippen LogP contribution is -2.37. The van der Waals surface area contributed by atoms with Gasteiger partial charge in [-0.15, -0.1) is 0 Å². The number of aromatic nitrogens is 2. The third-order valence-electron chi connectivity index (χ3n) is 7.03. The van der Waals surface area contributed by atoms with E-state index in [1.54, 1.807) is 30.3 Å². The Balaban J connectivity index is 1.25. The molecule has 1 fully saturated rings. The summed E-state index contributed by atoms with van der Waals surface area (Å²) in [6, 6.07) is 19.8. The van der Waals surface area contributed by atoms with Gasteiger partial charge >= 0.3 is 6.03 Å². The second-order valence-electron chi connectivity index (χ2n) is 10.2. The number of carbonyl (C=O) groups is 2. The molecule has 0 atom stereocenters. The SMILES string of the molecule is CC(=O)Nc1ccc(NC(=O)Nc2ccc(-c3nc(N4CCOCC4)c4ccc(-c5ccc(CO)o5)cc4n3)cc2)c(F)c1. The smallest absolute Gasteiger partial charge is 0.323 e. The van der Waals surface area contributed by atoms with Crippen LogP contribution >= 0.6 is 0 Å². The van der Waals surface area contributed by atoms with Crippen LogP contribution < -0.4 is 20.9 Å². The molecule has 0 bridgehead atoms. The minimum Gasteiger partial charge on any atom is -0.459 e. The van der Waals surface area contributed by atoms with E-state index in [9.17, 15) is 19.1 Å². The van der Waals surface area contributed by atoms with Crippen LogP contribution in [0.1, 0.15) is 12.7 Å². The van der Waals surface area contributed by atoms with Crippen molar-refractivity contribution in [3.8, 4) is 22.7 Å². The number of nitrogens with zero attached hydrogens (tertiary/aromatic N) is 3. The van der Waals surface area contributed by atoms with Crippen molar-refractivity contribution in [2.75, 3.05) is 47.2 Å². The standard InChI is InChI=1S/C32H29FN6O5/c1-19(41)34-23-7-10-27(26(33)17-23)37-32(42)35-22-5-2-20(3-6-22)30-36-28-16-21(29-11-8-24(18-40)44-29)4-9-25(28)31(38-30)39-12-14-43-15-13-39/h2-11,16-17,40H,12-15,18H2,1H3,(H,34,41)(H2,35,37,42). The van der Waals surface area contributed by atoms with E-state index in [0.717, 1.165) is 33.9 Å². The monoisotopic (exact) mass is 596 g/mol. The van der Waals surface area contributed by atoms with Crippen LogP contribution in [0.4, 0.5) is 32.1 Å².